The smallest absolute Gasteiger partial charge is 0.410 e. The van der Waals surface area contributed by atoms with Crippen LogP contribution in [0.15, 0.2) is 0 Å². The molecule has 0 aromatic heterocycles. The molecular formula is C44H73N5O7. The van der Waals surface area contributed by atoms with E-state index in [2.05, 4.69) is 51.3 Å². The van der Waals surface area contributed by atoms with E-state index in [1.54, 1.807) is 9.80 Å². The molecule has 4 heterocycles. The number of rotatable bonds is 8. The van der Waals surface area contributed by atoms with Crippen LogP contribution in [0.5, 0.6) is 0 Å². The number of likely N-dealkylation sites (N-methyl/N-ethyl adjacent to an activating group) is 1. The molecule has 5 saturated carbocycles. The Labute approximate surface area is 335 Å². The van der Waals surface area contributed by atoms with Gasteiger partial charge in [0.25, 0.3) is 0 Å². The second-order valence-corrected chi connectivity index (χ2v) is 21.7. The summed E-state index contributed by atoms with van der Waals surface area (Å²) in [4.78, 5) is 33.4. The molecule has 2 spiro atoms. The van der Waals surface area contributed by atoms with E-state index in [1.165, 1.54) is 12.8 Å². The number of aliphatic hydroxyl groups is 1. The van der Waals surface area contributed by atoms with E-state index in [9.17, 15) is 14.7 Å². The molecule has 2 amide bonds. The van der Waals surface area contributed by atoms with Crippen LogP contribution in [0.1, 0.15) is 99.3 Å². The van der Waals surface area contributed by atoms with E-state index in [0.717, 1.165) is 84.2 Å². The van der Waals surface area contributed by atoms with Gasteiger partial charge < -0.3 is 39.6 Å². The summed E-state index contributed by atoms with van der Waals surface area (Å²) in [5.74, 6) is 1.52. The maximum Gasteiger partial charge on any atom is 0.410 e. The Morgan fingerprint density at radius 1 is 0.982 bits per heavy atom. The zero-order valence-electron chi connectivity index (χ0n) is 35.7. The average Bonchev–Trinajstić information content (AvgIpc) is 3.73. The van der Waals surface area contributed by atoms with Crippen molar-refractivity contribution in [2.75, 3.05) is 66.5 Å². The van der Waals surface area contributed by atoms with Gasteiger partial charge in [-0.15, -0.1) is 0 Å². The lowest BCUT2D eigenvalue weighted by molar-refractivity contribution is -0.251. The molecule has 12 nitrogen and oxygen atoms in total. The van der Waals surface area contributed by atoms with E-state index >= 15 is 0 Å². The van der Waals surface area contributed by atoms with Crippen LogP contribution in [0.25, 0.3) is 0 Å². The number of hydrogen-bond acceptors (Lipinski definition) is 10. The second kappa shape index (κ2) is 13.7. The zero-order valence-corrected chi connectivity index (χ0v) is 35.7. The first kappa shape index (κ1) is 39.9. The predicted octanol–water partition coefficient (Wildman–Crippen LogP) is 4.17. The van der Waals surface area contributed by atoms with Crippen molar-refractivity contribution in [2.24, 2.45) is 57.0 Å². The number of hydrogen-bond donors (Lipinski definition) is 2. The van der Waals surface area contributed by atoms with Crippen LogP contribution in [-0.4, -0.2) is 152 Å². The normalized spacial score (nSPS) is 47.6. The van der Waals surface area contributed by atoms with E-state index in [4.69, 9.17) is 24.7 Å². The lowest BCUT2D eigenvalue weighted by atomic mass is 9.43. The Hall–Kier alpha value is -1.54. The number of aliphatic hydroxyl groups excluding tert-OH is 1. The molecule has 9 rings (SSSR count). The summed E-state index contributed by atoms with van der Waals surface area (Å²) in [5.41, 5.74) is 7.33. The highest BCUT2D eigenvalue weighted by Gasteiger charge is 2.85. The number of fused-ring (bicyclic) bond motifs is 4. The highest BCUT2D eigenvalue weighted by atomic mass is 16.7. The van der Waals surface area contributed by atoms with E-state index in [1.807, 2.05) is 14.1 Å². The lowest BCUT2D eigenvalue weighted by Crippen LogP contribution is -2.70. The number of nitrogens with two attached hydrogens (primary N) is 1. The first-order valence-electron chi connectivity index (χ1n) is 22.5. The molecule has 3 N–H and O–H groups in total. The number of amides is 2. The van der Waals surface area contributed by atoms with Crippen LogP contribution in [0.2, 0.25) is 0 Å². The van der Waals surface area contributed by atoms with Crippen LogP contribution < -0.4 is 5.73 Å². The summed E-state index contributed by atoms with van der Waals surface area (Å²) in [6.07, 6.45) is 7.52. The van der Waals surface area contributed by atoms with Crippen LogP contribution in [0.4, 0.5) is 4.79 Å². The molecule has 9 fully saturated rings. The molecule has 56 heavy (non-hydrogen) atoms. The zero-order chi connectivity index (χ0) is 39.7. The van der Waals surface area contributed by atoms with Gasteiger partial charge in [0, 0.05) is 59.4 Å². The van der Waals surface area contributed by atoms with Crippen LogP contribution in [0.3, 0.4) is 0 Å². The number of ether oxygens (including phenoxy) is 4. The molecule has 0 bridgehead atoms. The third-order valence-electron chi connectivity index (χ3n) is 18.3. The molecule has 316 valence electrons. The first-order chi connectivity index (χ1) is 26.5. The number of morpholine rings is 1. The molecule has 4 aliphatic heterocycles. The number of nitrogens with zero attached hydrogens (tertiary/aromatic N) is 4. The first-order valence-corrected chi connectivity index (χ1v) is 22.5. The predicted molar refractivity (Wildman–Crippen MR) is 211 cm³/mol. The summed E-state index contributed by atoms with van der Waals surface area (Å²) in [6.45, 7) is 20.1. The lowest BCUT2D eigenvalue weighted by Gasteiger charge is -2.63. The maximum absolute atomic E-state index is 13.0. The minimum atomic E-state index is -0.756. The number of likely N-dealkylation sites (tertiary alicyclic amines) is 2. The fourth-order valence-electron chi connectivity index (χ4n) is 15.2. The second-order valence-electron chi connectivity index (χ2n) is 21.7. The van der Waals surface area contributed by atoms with Gasteiger partial charge in [-0.25, -0.2) is 4.79 Å². The van der Waals surface area contributed by atoms with Crippen LogP contribution in [0, 0.1) is 51.2 Å². The molecule has 5 aliphatic carbocycles. The Bertz CT molecular complexity index is 1540. The van der Waals surface area contributed by atoms with Gasteiger partial charge in [0.2, 0.25) is 5.91 Å². The number of carbonyl (C=O) groups excluding carboxylic acids is 2. The molecule has 0 radical (unpaired) electrons. The van der Waals surface area contributed by atoms with Crippen molar-refractivity contribution in [3.8, 4) is 0 Å². The van der Waals surface area contributed by atoms with Crippen molar-refractivity contribution in [1.29, 1.82) is 0 Å². The molecule has 4 saturated heterocycles. The van der Waals surface area contributed by atoms with Gasteiger partial charge in [-0.2, -0.15) is 0 Å². The van der Waals surface area contributed by atoms with E-state index in [0.29, 0.717) is 31.0 Å². The van der Waals surface area contributed by atoms with Crippen molar-refractivity contribution >= 4 is 12.0 Å². The summed E-state index contributed by atoms with van der Waals surface area (Å²) in [5, 5.41) is 12.6. The summed E-state index contributed by atoms with van der Waals surface area (Å²) < 4.78 is 26.5. The van der Waals surface area contributed by atoms with Crippen molar-refractivity contribution < 1.29 is 33.6 Å². The van der Waals surface area contributed by atoms with Crippen molar-refractivity contribution in [1.82, 2.24) is 19.6 Å². The molecule has 0 aromatic rings. The Morgan fingerprint density at radius 2 is 1.70 bits per heavy atom. The molecule has 0 aromatic carbocycles. The van der Waals surface area contributed by atoms with Gasteiger partial charge in [0.1, 0.15) is 6.10 Å². The minimum absolute atomic E-state index is 0.00679. The Kier molecular flexibility index (Phi) is 9.79. The van der Waals surface area contributed by atoms with Crippen molar-refractivity contribution in [3.05, 3.63) is 0 Å². The van der Waals surface area contributed by atoms with Gasteiger partial charge >= 0.3 is 6.09 Å². The monoisotopic (exact) mass is 784 g/mol. The topological polar surface area (TPSA) is 130 Å². The minimum Gasteiger partial charge on any atom is -0.443 e. The maximum atomic E-state index is 13.0. The molecule has 14 atom stereocenters. The van der Waals surface area contributed by atoms with Gasteiger partial charge in [-0.05, 0) is 109 Å². The fraction of sp³-hybridized carbons (Fsp3) is 0.955. The highest BCUT2D eigenvalue weighted by molar-refractivity contribution is 5.77. The average molecular weight is 784 g/mol. The highest BCUT2D eigenvalue weighted by Crippen LogP contribution is 2.87. The van der Waals surface area contributed by atoms with E-state index in [-0.39, 0.29) is 82.1 Å². The molecule has 9 unspecified atom stereocenters. The summed E-state index contributed by atoms with van der Waals surface area (Å²) in [7, 11) is 3.64. The SMILES string of the molecule is CC(C)C(OC(=O)N1CCC1)C1C[C@@H](C)[C@H]2C(O1)[C@H](O)[C@@]1(N)C3CC[C@H]4C(C)(C)C(OC5CN(C6CN(CC(=O)N(C)C)C6)CCO5)CCC45CC35CCC21C. The van der Waals surface area contributed by atoms with E-state index < -0.39 is 11.6 Å². The largest absolute Gasteiger partial charge is 0.443 e. The van der Waals surface area contributed by atoms with Crippen molar-refractivity contribution in [3.63, 3.8) is 0 Å². The van der Waals surface area contributed by atoms with Gasteiger partial charge in [-0.3, -0.25) is 14.6 Å². The standard InChI is InChI=1S/C44H73N5O7/c1-26(2)36(56-39(52)48-16-9-17-48)29-20-27(3)35-37(54-29)38(51)44(45)31-11-10-30-40(4,5)32(12-13-42(30)25-43(31,42)15-14-41(35,44)6)55-34-24-49(18-19-53-34)28-21-47(22-28)23-33(50)46(7)8/h26-32,34-38,51H,9-25,45H2,1-8H3/t27-,29?,30+,31?,32?,34?,35+,36?,37?,38+,41?,42?,43?,44+/m1/s1. The fourth-order valence-corrected chi connectivity index (χ4v) is 15.2. The van der Waals surface area contributed by atoms with Crippen LogP contribution >= 0.6 is 0 Å². The Morgan fingerprint density at radius 3 is 2.38 bits per heavy atom. The van der Waals surface area contributed by atoms with Crippen molar-refractivity contribution in [2.45, 2.75) is 148 Å². The van der Waals surface area contributed by atoms with Gasteiger partial charge in [-0.1, -0.05) is 41.5 Å². The number of carbonyl (C=O) groups is 2. The van der Waals surface area contributed by atoms with Crippen LogP contribution in [-0.2, 0) is 23.7 Å². The molecule has 9 aliphatic rings. The Balaban J connectivity index is 0.877. The third-order valence-corrected chi connectivity index (χ3v) is 18.3. The quantitative estimate of drug-likeness (QED) is 0.370. The summed E-state index contributed by atoms with van der Waals surface area (Å²) in [6, 6.07) is 0.447. The summed E-state index contributed by atoms with van der Waals surface area (Å²) >= 11 is 0. The molecular weight excluding hydrogens is 711 g/mol. The molecule has 12 heteroatoms. The van der Waals surface area contributed by atoms with Gasteiger partial charge in [0.05, 0.1) is 43.1 Å². The van der Waals surface area contributed by atoms with Gasteiger partial charge in [0.15, 0.2) is 6.29 Å². The third kappa shape index (κ3) is 5.67.